The summed E-state index contributed by atoms with van der Waals surface area (Å²) in [4.78, 5) is 35.1. The Kier molecular flexibility index (Phi) is 6.79. The molecule has 150 valence electrons. The molecule has 0 aliphatic rings. The topological polar surface area (TPSA) is 118 Å². The standard InChI is InChI=1S/C18H24N6O3S/c1-11-22-23-17(28-10-15(26)20-16(27)21-18(3,4)5)24(11)14-8-6-7-13(9-14)19-12(2)25/h6-9H,10H2,1-5H3,(H,19,25)(H2,20,21,26,27). The maximum absolute atomic E-state index is 12.0. The molecule has 0 aliphatic carbocycles. The number of amides is 4. The first kappa shape index (κ1) is 21.4. The van der Waals surface area contributed by atoms with Crippen LogP contribution in [0.15, 0.2) is 29.4 Å². The number of aromatic nitrogens is 3. The van der Waals surface area contributed by atoms with E-state index in [2.05, 4.69) is 26.1 Å². The number of hydrogen-bond donors (Lipinski definition) is 3. The van der Waals surface area contributed by atoms with Gasteiger partial charge in [-0.3, -0.25) is 19.5 Å². The fourth-order valence-corrected chi connectivity index (χ4v) is 3.12. The Morgan fingerprint density at radius 3 is 2.54 bits per heavy atom. The number of rotatable bonds is 5. The molecule has 2 rings (SSSR count). The molecular formula is C18H24N6O3S. The van der Waals surface area contributed by atoms with Gasteiger partial charge in [-0.15, -0.1) is 10.2 Å². The number of thioether (sulfide) groups is 1. The third-order valence-electron chi connectivity index (χ3n) is 3.29. The van der Waals surface area contributed by atoms with E-state index < -0.39 is 17.5 Å². The lowest BCUT2D eigenvalue weighted by Crippen LogP contribution is -2.48. The summed E-state index contributed by atoms with van der Waals surface area (Å²) in [7, 11) is 0. The zero-order valence-corrected chi connectivity index (χ0v) is 17.3. The van der Waals surface area contributed by atoms with Gasteiger partial charge in [0.2, 0.25) is 11.8 Å². The van der Waals surface area contributed by atoms with Crippen molar-refractivity contribution in [3.8, 4) is 5.69 Å². The van der Waals surface area contributed by atoms with E-state index in [-0.39, 0.29) is 11.7 Å². The van der Waals surface area contributed by atoms with Gasteiger partial charge in [0.05, 0.1) is 11.4 Å². The number of nitrogens with zero attached hydrogens (tertiary/aromatic N) is 3. The van der Waals surface area contributed by atoms with Crippen LogP contribution < -0.4 is 16.0 Å². The lowest BCUT2D eigenvalue weighted by Gasteiger charge is -2.20. The van der Waals surface area contributed by atoms with Crippen LogP contribution in [-0.2, 0) is 9.59 Å². The van der Waals surface area contributed by atoms with Gasteiger partial charge in [0.1, 0.15) is 5.82 Å². The molecule has 1 aromatic carbocycles. The third-order valence-corrected chi connectivity index (χ3v) is 4.22. The van der Waals surface area contributed by atoms with Gasteiger partial charge >= 0.3 is 6.03 Å². The van der Waals surface area contributed by atoms with E-state index in [1.807, 2.05) is 26.8 Å². The van der Waals surface area contributed by atoms with Crippen LogP contribution in [0, 0.1) is 6.92 Å². The highest BCUT2D eigenvalue weighted by Crippen LogP contribution is 2.23. The molecule has 10 heteroatoms. The number of benzene rings is 1. The molecule has 9 nitrogen and oxygen atoms in total. The predicted molar refractivity (Wildman–Crippen MR) is 108 cm³/mol. The summed E-state index contributed by atoms with van der Waals surface area (Å²) in [6, 6.07) is 6.68. The number of carbonyl (C=O) groups is 3. The quantitative estimate of drug-likeness (QED) is 0.658. The summed E-state index contributed by atoms with van der Waals surface area (Å²) in [5, 5.41) is 16.3. The lowest BCUT2D eigenvalue weighted by atomic mass is 10.1. The number of urea groups is 1. The molecular weight excluding hydrogens is 380 g/mol. The number of carbonyl (C=O) groups excluding carboxylic acids is 3. The van der Waals surface area contributed by atoms with E-state index in [1.165, 1.54) is 6.92 Å². The first-order valence-corrected chi connectivity index (χ1v) is 9.58. The van der Waals surface area contributed by atoms with Crippen LogP contribution in [0.5, 0.6) is 0 Å². The van der Waals surface area contributed by atoms with E-state index >= 15 is 0 Å². The first-order chi connectivity index (χ1) is 13.0. The maximum atomic E-state index is 12.0. The van der Waals surface area contributed by atoms with E-state index in [4.69, 9.17) is 0 Å². The zero-order valence-electron chi connectivity index (χ0n) is 16.5. The van der Waals surface area contributed by atoms with E-state index in [0.717, 1.165) is 17.4 Å². The molecule has 0 atom stereocenters. The number of hydrogen-bond acceptors (Lipinski definition) is 6. The second-order valence-corrected chi connectivity index (χ2v) is 8.08. The Morgan fingerprint density at radius 2 is 1.89 bits per heavy atom. The minimum Gasteiger partial charge on any atom is -0.333 e. The van der Waals surface area contributed by atoms with Crippen LogP contribution in [0.1, 0.15) is 33.5 Å². The highest BCUT2D eigenvalue weighted by Gasteiger charge is 2.17. The number of nitrogens with one attached hydrogen (secondary N) is 3. The molecule has 0 bridgehead atoms. The molecule has 4 amide bonds. The van der Waals surface area contributed by atoms with Gasteiger partial charge in [0.25, 0.3) is 0 Å². The van der Waals surface area contributed by atoms with Crippen LogP contribution in [-0.4, -0.2) is 43.9 Å². The fraction of sp³-hybridized carbons (Fsp3) is 0.389. The molecule has 0 spiro atoms. The monoisotopic (exact) mass is 404 g/mol. The first-order valence-electron chi connectivity index (χ1n) is 8.60. The molecule has 0 unspecified atom stereocenters. The second kappa shape index (κ2) is 8.87. The Balaban J connectivity index is 2.08. The molecule has 0 radical (unpaired) electrons. The van der Waals surface area contributed by atoms with Crippen LogP contribution in [0.25, 0.3) is 5.69 Å². The molecule has 28 heavy (non-hydrogen) atoms. The van der Waals surface area contributed by atoms with Gasteiger partial charge < -0.3 is 10.6 Å². The van der Waals surface area contributed by atoms with Crippen LogP contribution >= 0.6 is 11.8 Å². The Hall–Kier alpha value is -2.88. The lowest BCUT2D eigenvalue weighted by molar-refractivity contribution is -0.117. The van der Waals surface area contributed by atoms with Gasteiger partial charge in [-0.2, -0.15) is 0 Å². The van der Waals surface area contributed by atoms with Gasteiger partial charge in [-0.1, -0.05) is 17.8 Å². The van der Waals surface area contributed by atoms with Gasteiger partial charge in [-0.25, -0.2) is 4.79 Å². The summed E-state index contributed by atoms with van der Waals surface area (Å²) in [6.07, 6.45) is 0. The zero-order chi connectivity index (χ0) is 20.9. The molecule has 0 saturated heterocycles. The van der Waals surface area contributed by atoms with Crippen molar-refractivity contribution in [3.63, 3.8) is 0 Å². The Labute approximate surface area is 167 Å². The SMILES string of the molecule is CC(=O)Nc1cccc(-n2c(C)nnc2SCC(=O)NC(=O)NC(C)(C)C)c1. The molecule has 3 N–H and O–H groups in total. The summed E-state index contributed by atoms with van der Waals surface area (Å²) < 4.78 is 1.78. The van der Waals surface area contributed by atoms with Crippen molar-refractivity contribution < 1.29 is 14.4 Å². The van der Waals surface area contributed by atoms with Crippen molar-refractivity contribution in [2.24, 2.45) is 0 Å². The average Bonchev–Trinajstić information content (AvgIpc) is 2.91. The molecule has 1 heterocycles. The Bertz CT molecular complexity index is 888. The fourth-order valence-electron chi connectivity index (χ4n) is 2.32. The average molecular weight is 404 g/mol. The third kappa shape index (κ3) is 6.38. The highest BCUT2D eigenvalue weighted by atomic mass is 32.2. The smallest absolute Gasteiger partial charge is 0.321 e. The van der Waals surface area contributed by atoms with Crippen LogP contribution in [0.4, 0.5) is 10.5 Å². The van der Waals surface area contributed by atoms with E-state index in [9.17, 15) is 14.4 Å². The number of imide groups is 1. The van der Waals surface area contributed by atoms with Crippen molar-refractivity contribution in [1.82, 2.24) is 25.4 Å². The molecule has 2 aromatic rings. The second-order valence-electron chi connectivity index (χ2n) is 7.14. The number of aryl methyl sites for hydroxylation is 1. The van der Waals surface area contributed by atoms with Crippen molar-refractivity contribution in [2.75, 3.05) is 11.1 Å². The van der Waals surface area contributed by atoms with Gasteiger partial charge in [0, 0.05) is 18.2 Å². The van der Waals surface area contributed by atoms with Crippen LogP contribution in [0.2, 0.25) is 0 Å². The minimum atomic E-state index is -0.543. The Morgan fingerprint density at radius 1 is 1.18 bits per heavy atom. The molecule has 0 saturated carbocycles. The summed E-state index contributed by atoms with van der Waals surface area (Å²) in [5.74, 6) is 0.0258. The van der Waals surface area contributed by atoms with E-state index in [0.29, 0.717) is 16.7 Å². The predicted octanol–water partition coefficient (Wildman–Crippen LogP) is 2.25. The minimum absolute atomic E-state index is 0.00107. The van der Waals surface area contributed by atoms with E-state index in [1.54, 1.807) is 29.7 Å². The molecule has 0 aliphatic heterocycles. The highest BCUT2D eigenvalue weighted by molar-refractivity contribution is 7.99. The van der Waals surface area contributed by atoms with Crippen molar-refractivity contribution >= 4 is 35.3 Å². The van der Waals surface area contributed by atoms with Crippen molar-refractivity contribution in [3.05, 3.63) is 30.1 Å². The molecule has 1 aromatic heterocycles. The summed E-state index contributed by atoms with van der Waals surface area (Å²) in [6.45, 7) is 8.70. The normalized spacial score (nSPS) is 11.0. The largest absolute Gasteiger partial charge is 0.333 e. The number of anilines is 1. The van der Waals surface area contributed by atoms with Gasteiger partial charge in [0.15, 0.2) is 5.16 Å². The van der Waals surface area contributed by atoms with Crippen LogP contribution in [0.3, 0.4) is 0 Å². The summed E-state index contributed by atoms with van der Waals surface area (Å²) >= 11 is 1.16. The van der Waals surface area contributed by atoms with Crippen molar-refractivity contribution in [1.29, 1.82) is 0 Å². The molecule has 0 fully saturated rings. The van der Waals surface area contributed by atoms with Crippen molar-refractivity contribution in [2.45, 2.75) is 45.3 Å². The maximum Gasteiger partial charge on any atom is 0.321 e. The summed E-state index contributed by atoms with van der Waals surface area (Å²) in [5.41, 5.74) is 0.959. The van der Waals surface area contributed by atoms with Gasteiger partial charge in [-0.05, 0) is 45.9 Å².